The van der Waals surface area contributed by atoms with Crippen molar-refractivity contribution in [3.63, 3.8) is 0 Å². The van der Waals surface area contributed by atoms with Crippen molar-refractivity contribution in [3.8, 4) is 10.6 Å². The summed E-state index contributed by atoms with van der Waals surface area (Å²) in [6.45, 7) is 0. The second-order valence-electron chi connectivity index (χ2n) is 2.97. The van der Waals surface area contributed by atoms with E-state index in [9.17, 15) is 10.1 Å². The van der Waals surface area contributed by atoms with Gasteiger partial charge in [0.1, 0.15) is 10.7 Å². The number of hydrogen-bond donors (Lipinski definition) is 1. The average molecular weight is 300 g/mol. The number of nitro groups is 1. The Balaban J connectivity index is 2.59. The molecule has 0 aliphatic carbocycles. The van der Waals surface area contributed by atoms with Gasteiger partial charge >= 0.3 is 0 Å². The van der Waals surface area contributed by atoms with Crippen LogP contribution in [0.5, 0.6) is 0 Å². The van der Waals surface area contributed by atoms with Gasteiger partial charge in [-0.05, 0) is 28.1 Å². The van der Waals surface area contributed by atoms with Crippen LogP contribution in [0.2, 0.25) is 0 Å². The first-order valence-corrected chi connectivity index (χ1v) is 5.85. The highest BCUT2D eigenvalue weighted by molar-refractivity contribution is 9.11. The molecule has 0 spiro atoms. The molecule has 0 amide bonds. The van der Waals surface area contributed by atoms with Gasteiger partial charge < -0.3 is 5.73 Å². The van der Waals surface area contributed by atoms with E-state index in [1.807, 2.05) is 0 Å². The molecule has 0 radical (unpaired) electrons. The molecule has 0 atom stereocenters. The van der Waals surface area contributed by atoms with Gasteiger partial charge in [0, 0.05) is 6.07 Å². The molecule has 16 heavy (non-hydrogen) atoms. The first-order chi connectivity index (χ1) is 7.58. The standard InChI is InChI=1S/C9H6BrN3O2S/c10-7-4-6(13(14)15)9(16-7)5-2-1-3-8(11)12-5/h1-4H,(H2,11,12). The van der Waals surface area contributed by atoms with Crippen LogP contribution in [0.3, 0.4) is 0 Å². The zero-order valence-corrected chi connectivity index (χ0v) is 10.3. The van der Waals surface area contributed by atoms with E-state index in [-0.39, 0.29) is 5.69 Å². The van der Waals surface area contributed by atoms with E-state index in [1.165, 1.54) is 17.4 Å². The maximum atomic E-state index is 10.8. The van der Waals surface area contributed by atoms with Gasteiger partial charge in [0.15, 0.2) is 0 Å². The molecule has 2 N–H and O–H groups in total. The highest BCUT2D eigenvalue weighted by Crippen LogP contribution is 2.39. The highest BCUT2D eigenvalue weighted by atomic mass is 79.9. The van der Waals surface area contributed by atoms with E-state index in [0.29, 0.717) is 20.2 Å². The number of nitrogen functional groups attached to an aromatic ring is 1. The van der Waals surface area contributed by atoms with Crippen molar-refractivity contribution >= 4 is 38.8 Å². The first-order valence-electron chi connectivity index (χ1n) is 4.24. The zero-order valence-electron chi connectivity index (χ0n) is 7.88. The van der Waals surface area contributed by atoms with E-state index in [2.05, 4.69) is 20.9 Å². The van der Waals surface area contributed by atoms with Crippen LogP contribution in [0, 0.1) is 10.1 Å². The Morgan fingerprint density at radius 3 is 2.88 bits per heavy atom. The van der Waals surface area contributed by atoms with Crippen LogP contribution >= 0.6 is 27.3 Å². The lowest BCUT2D eigenvalue weighted by Gasteiger charge is -1.97. The number of hydrogen-bond acceptors (Lipinski definition) is 5. The van der Waals surface area contributed by atoms with Crippen molar-refractivity contribution in [2.24, 2.45) is 0 Å². The van der Waals surface area contributed by atoms with Crippen molar-refractivity contribution in [2.45, 2.75) is 0 Å². The molecule has 2 aromatic heterocycles. The van der Waals surface area contributed by atoms with E-state index in [4.69, 9.17) is 5.73 Å². The Kier molecular flexibility index (Phi) is 2.88. The lowest BCUT2D eigenvalue weighted by atomic mass is 10.3. The normalized spacial score (nSPS) is 10.3. The van der Waals surface area contributed by atoms with Gasteiger partial charge in [-0.25, -0.2) is 4.98 Å². The second kappa shape index (κ2) is 4.18. The predicted molar refractivity (Wildman–Crippen MR) is 66.3 cm³/mol. The molecular weight excluding hydrogens is 294 g/mol. The molecule has 0 aromatic carbocycles. The quantitative estimate of drug-likeness (QED) is 0.682. The Bertz CT molecular complexity index is 555. The predicted octanol–water partition coefficient (Wildman–Crippen LogP) is 3.06. The van der Waals surface area contributed by atoms with Gasteiger partial charge in [0.2, 0.25) is 0 Å². The molecule has 0 aliphatic rings. The van der Waals surface area contributed by atoms with E-state index in [1.54, 1.807) is 18.2 Å². The number of rotatable bonds is 2. The van der Waals surface area contributed by atoms with E-state index >= 15 is 0 Å². The number of aromatic nitrogens is 1. The number of nitrogens with zero attached hydrogens (tertiary/aromatic N) is 2. The summed E-state index contributed by atoms with van der Waals surface area (Å²) in [6, 6.07) is 6.51. The summed E-state index contributed by atoms with van der Waals surface area (Å²) in [5, 5.41) is 10.8. The topological polar surface area (TPSA) is 82.0 Å². The molecule has 5 nitrogen and oxygen atoms in total. The zero-order chi connectivity index (χ0) is 11.7. The first kappa shape index (κ1) is 11.0. The molecule has 0 aliphatic heterocycles. The number of nitrogens with two attached hydrogens (primary N) is 1. The molecular formula is C9H6BrN3O2S. The molecule has 0 bridgehead atoms. The lowest BCUT2D eigenvalue weighted by molar-refractivity contribution is -0.383. The van der Waals surface area contributed by atoms with Gasteiger partial charge in [-0.15, -0.1) is 11.3 Å². The fourth-order valence-corrected chi connectivity index (χ4v) is 2.77. The maximum Gasteiger partial charge on any atom is 0.290 e. The summed E-state index contributed by atoms with van der Waals surface area (Å²) in [4.78, 5) is 15.0. The number of anilines is 1. The Morgan fingerprint density at radius 1 is 1.50 bits per heavy atom. The van der Waals surface area contributed by atoms with Crippen LogP contribution in [0.15, 0.2) is 28.1 Å². The Morgan fingerprint density at radius 2 is 2.25 bits per heavy atom. The SMILES string of the molecule is Nc1cccc(-c2sc(Br)cc2[N+](=O)[O-])n1. The van der Waals surface area contributed by atoms with Crippen molar-refractivity contribution < 1.29 is 4.92 Å². The maximum absolute atomic E-state index is 10.8. The van der Waals surface area contributed by atoms with Crippen LogP contribution < -0.4 is 5.73 Å². The summed E-state index contributed by atoms with van der Waals surface area (Å²) in [5.41, 5.74) is 6.09. The summed E-state index contributed by atoms with van der Waals surface area (Å²) < 4.78 is 0.693. The average Bonchev–Trinajstić information content (AvgIpc) is 2.60. The second-order valence-corrected chi connectivity index (χ2v) is 5.40. The van der Waals surface area contributed by atoms with Gasteiger partial charge in [-0.1, -0.05) is 6.07 Å². The summed E-state index contributed by atoms with van der Waals surface area (Å²) >= 11 is 4.48. The number of thiophene rings is 1. The van der Waals surface area contributed by atoms with Crippen molar-refractivity contribution in [1.82, 2.24) is 4.98 Å². The summed E-state index contributed by atoms with van der Waals surface area (Å²) in [7, 11) is 0. The molecule has 2 rings (SSSR count). The monoisotopic (exact) mass is 299 g/mol. The van der Waals surface area contributed by atoms with Gasteiger partial charge in [0.25, 0.3) is 5.69 Å². The molecule has 0 saturated carbocycles. The third-order valence-corrected chi connectivity index (χ3v) is 3.53. The van der Waals surface area contributed by atoms with Crippen LogP contribution in [0.1, 0.15) is 0 Å². The number of pyridine rings is 1. The minimum Gasteiger partial charge on any atom is -0.384 e. The summed E-state index contributed by atoms with van der Waals surface area (Å²) in [6.07, 6.45) is 0. The van der Waals surface area contributed by atoms with Crippen molar-refractivity contribution in [1.29, 1.82) is 0 Å². The van der Waals surface area contributed by atoms with Crippen LogP contribution in [0.4, 0.5) is 11.5 Å². The van der Waals surface area contributed by atoms with Crippen molar-refractivity contribution in [3.05, 3.63) is 38.2 Å². The minimum atomic E-state index is -0.429. The molecule has 0 saturated heterocycles. The molecule has 0 fully saturated rings. The molecule has 2 heterocycles. The summed E-state index contributed by atoms with van der Waals surface area (Å²) in [5.74, 6) is 0.344. The van der Waals surface area contributed by atoms with Crippen LogP contribution in [-0.4, -0.2) is 9.91 Å². The van der Waals surface area contributed by atoms with Crippen LogP contribution in [0.25, 0.3) is 10.6 Å². The molecule has 7 heteroatoms. The molecule has 82 valence electrons. The van der Waals surface area contributed by atoms with E-state index in [0.717, 1.165) is 0 Å². The van der Waals surface area contributed by atoms with Crippen LogP contribution in [-0.2, 0) is 0 Å². The van der Waals surface area contributed by atoms with E-state index < -0.39 is 4.92 Å². The number of halogens is 1. The highest BCUT2D eigenvalue weighted by Gasteiger charge is 2.20. The van der Waals surface area contributed by atoms with Gasteiger partial charge in [-0.2, -0.15) is 0 Å². The Labute approximate surface area is 103 Å². The fraction of sp³-hybridized carbons (Fsp3) is 0. The third kappa shape index (κ3) is 2.05. The Hall–Kier alpha value is -1.47. The minimum absolute atomic E-state index is 0.0370. The third-order valence-electron chi connectivity index (χ3n) is 1.88. The van der Waals surface area contributed by atoms with Crippen molar-refractivity contribution in [2.75, 3.05) is 5.73 Å². The molecule has 2 aromatic rings. The largest absolute Gasteiger partial charge is 0.384 e. The van der Waals surface area contributed by atoms with Gasteiger partial charge in [-0.3, -0.25) is 10.1 Å². The lowest BCUT2D eigenvalue weighted by Crippen LogP contribution is -1.92. The fourth-order valence-electron chi connectivity index (χ4n) is 1.25. The van der Waals surface area contributed by atoms with Gasteiger partial charge in [0.05, 0.1) is 14.4 Å². The smallest absolute Gasteiger partial charge is 0.290 e. The molecule has 0 unspecified atom stereocenters.